The van der Waals surface area contributed by atoms with Crippen LogP contribution in [0.1, 0.15) is 45.6 Å². The minimum atomic E-state index is -3.68. The summed E-state index contributed by atoms with van der Waals surface area (Å²) in [5.74, 6) is -0.992. The number of sulfonamides is 1. The number of aryl methyl sites for hydroxylation is 2. The minimum Gasteiger partial charge on any atom is -0.465 e. The molecule has 3 rings (SSSR count). The number of carbonyl (C=O) groups excluding carboxylic acids is 2. The number of anilines is 2. The highest BCUT2D eigenvalue weighted by atomic mass is 32.2. The summed E-state index contributed by atoms with van der Waals surface area (Å²) < 4.78 is 30.8. The van der Waals surface area contributed by atoms with E-state index in [0.717, 1.165) is 58.7 Å². The van der Waals surface area contributed by atoms with Crippen LogP contribution in [0, 0.1) is 6.92 Å². The van der Waals surface area contributed by atoms with E-state index in [-0.39, 0.29) is 6.54 Å². The van der Waals surface area contributed by atoms with Crippen LogP contribution < -0.4 is 9.62 Å². The molecule has 1 aromatic carbocycles. The molecule has 9 heteroatoms. The largest absolute Gasteiger partial charge is 0.465 e. The number of hydrogen-bond acceptors (Lipinski definition) is 6. The summed E-state index contributed by atoms with van der Waals surface area (Å²) in [6.45, 7) is 1.41. The zero-order valence-corrected chi connectivity index (χ0v) is 19.0. The number of para-hydroxylation sites is 1. The molecule has 1 heterocycles. The standard InChI is InChI=1S/C21H26N2O5S2/c1-14-9-7-8-11-16(14)23(30(3,26)27)13-18(24)22-20-19(21(25)28-2)15-10-5-4-6-12-17(15)29-20/h7-9,11H,4-6,10,12-13H2,1-3H3,(H,22,24). The molecule has 0 saturated heterocycles. The molecular weight excluding hydrogens is 424 g/mol. The summed E-state index contributed by atoms with van der Waals surface area (Å²) in [5, 5.41) is 3.20. The lowest BCUT2D eigenvalue weighted by molar-refractivity contribution is -0.114. The first-order valence-corrected chi connectivity index (χ1v) is 12.4. The Hall–Kier alpha value is -2.39. The Bertz CT molecular complexity index is 1060. The van der Waals surface area contributed by atoms with Gasteiger partial charge in [0.1, 0.15) is 11.5 Å². The van der Waals surface area contributed by atoms with E-state index in [4.69, 9.17) is 4.74 Å². The molecule has 0 spiro atoms. The van der Waals surface area contributed by atoms with Crippen LogP contribution in [0.25, 0.3) is 0 Å². The van der Waals surface area contributed by atoms with E-state index in [1.165, 1.54) is 18.4 Å². The summed E-state index contributed by atoms with van der Waals surface area (Å²) >= 11 is 1.38. The van der Waals surface area contributed by atoms with Crippen molar-refractivity contribution in [3.63, 3.8) is 0 Å². The molecule has 1 amide bonds. The van der Waals surface area contributed by atoms with E-state index in [1.807, 2.05) is 0 Å². The lowest BCUT2D eigenvalue weighted by atomic mass is 10.1. The molecule has 0 aliphatic heterocycles. The molecule has 0 atom stereocenters. The summed E-state index contributed by atoms with van der Waals surface area (Å²) in [6.07, 6.45) is 5.82. The van der Waals surface area contributed by atoms with E-state index in [9.17, 15) is 18.0 Å². The first-order chi connectivity index (χ1) is 14.2. The average molecular weight is 451 g/mol. The van der Waals surface area contributed by atoms with Gasteiger partial charge < -0.3 is 10.1 Å². The second-order valence-corrected chi connectivity index (χ2v) is 10.4. The van der Waals surface area contributed by atoms with Gasteiger partial charge in [0.2, 0.25) is 15.9 Å². The molecule has 1 aliphatic carbocycles. The van der Waals surface area contributed by atoms with E-state index < -0.39 is 21.9 Å². The Kier molecular flexibility index (Phi) is 6.82. The number of methoxy groups -OCH3 is 1. The third-order valence-electron chi connectivity index (χ3n) is 5.14. The summed E-state index contributed by atoms with van der Waals surface area (Å²) in [4.78, 5) is 26.4. The van der Waals surface area contributed by atoms with E-state index in [2.05, 4.69) is 5.32 Å². The molecule has 0 radical (unpaired) electrons. The fourth-order valence-electron chi connectivity index (χ4n) is 3.67. The molecule has 1 aromatic heterocycles. The van der Waals surface area contributed by atoms with Crippen LogP contribution in [0.4, 0.5) is 10.7 Å². The molecular formula is C21H26N2O5S2. The number of esters is 1. The highest BCUT2D eigenvalue weighted by molar-refractivity contribution is 7.92. The van der Waals surface area contributed by atoms with E-state index >= 15 is 0 Å². The van der Waals surface area contributed by atoms with Crippen LogP contribution in [-0.2, 0) is 32.4 Å². The Morgan fingerprint density at radius 3 is 2.53 bits per heavy atom. The normalized spacial score (nSPS) is 13.8. The van der Waals surface area contributed by atoms with Gasteiger partial charge in [-0.15, -0.1) is 11.3 Å². The zero-order chi connectivity index (χ0) is 21.9. The number of amides is 1. The quantitative estimate of drug-likeness (QED) is 0.537. The minimum absolute atomic E-state index is 0.382. The van der Waals surface area contributed by atoms with Crippen molar-refractivity contribution in [2.45, 2.75) is 39.0 Å². The second kappa shape index (κ2) is 9.18. The van der Waals surface area contributed by atoms with Gasteiger partial charge in [0, 0.05) is 4.88 Å². The maximum Gasteiger partial charge on any atom is 0.341 e. The molecule has 0 unspecified atom stereocenters. The van der Waals surface area contributed by atoms with Crippen molar-refractivity contribution in [3.05, 3.63) is 45.8 Å². The van der Waals surface area contributed by atoms with Crippen molar-refractivity contribution in [2.75, 3.05) is 29.5 Å². The topological polar surface area (TPSA) is 92.8 Å². The van der Waals surface area contributed by atoms with E-state index in [1.54, 1.807) is 31.2 Å². The molecule has 30 heavy (non-hydrogen) atoms. The smallest absolute Gasteiger partial charge is 0.341 e. The van der Waals surface area contributed by atoms with Crippen molar-refractivity contribution in [2.24, 2.45) is 0 Å². The van der Waals surface area contributed by atoms with Gasteiger partial charge in [0.05, 0.1) is 24.6 Å². The predicted octanol–water partition coefficient (Wildman–Crippen LogP) is 3.52. The van der Waals surface area contributed by atoms with Gasteiger partial charge in [-0.2, -0.15) is 0 Å². The molecule has 0 fully saturated rings. The number of nitrogens with zero attached hydrogens (tertiary/aromatic N) is 1. The van der Waals surface area contributed by atoms with Gasteiger partial charge in [-0.3, -0.25) is 9.10 Å². The lowest BCUT2D eigenvalue weighted by Crippen LogP contribution is -2.37. The SMILES string of the molecule is COC(=O)c1c(NC(=O)CN(c2ccccc2C)S(C)(=O)=O)sc2c1CCCCC2. The number of hydrogen-bond donors (Lipinski definition) is 1. The molecule has 1 N–H and O–H groups in total. The van der Waals surface area contributed by atoms with Crippen LogP contribution in [0.2, 0.25) is 0 Å². The predicted molar refractivity (Wildman–Crippen MR) is 119 cm³/mol. The van der Waals surface area contributed by atoms with Crippen LogP contribution in [-0.4, -0.2) is 40.2 Å². The van der Waals surface area contributed by atoms with Crippen molar-refractivity contribution >= 4 is 43.9 Å². The Balaban J connectivity index is 1.90. The monoisotopic (exact) mass is 450 g/mol. The summed E-state index contributed by atoms with van der Waals surface area (Å²) in [5.41, 5.74) is 2.53. The van der Waals surface area contributed by atoms with Crippen LogP contribution in [0.15, 0.2) is 24.3 Å². The number of ether oxygens (including phenoxy) is 1. The molecule has 1 aliphatic rings. The third-order valence-corrected chi connectivity index (χ3v) is 7.47. The van der Waals surface area contributed by atoms with E-state index in [0.29, 0.717) is 16.3 Å². The highest BCUT2D eigenvalue weighted by Gasteiger charge is 2.28. The Labute approximate surface area is 181 Å². The molecule has 162 valence electrons. The van der Waals surface area contributed by atoms with Gasteiger partial charge in [-0.25, -0.2) is 13.2 Å². The molecule has 0 saturated carbocycles. The number of benzene rings is 1. The number of carbonyl (C=O) groups is 2. The second-order valence-electron chi connectivity index (χ2n) is 7.36. The number of thiophene rings is 1. The van der Waals surface area contributed by atoms with Crippen molar-refractivity contribution in [1.82, 2.24) is 0 Å². The number of fused-ring (bicyclic) bond motifs is 1. The average Bonchev–Trinajstić information content (AvgIpc) is 2.86. The lowest BCUT2D eigenvalue weighted by Gasteiger charge is -2.23. The first kappa shape index (κ1) is 22.3. The van der Waals surface area contributed by atoms with Gasteiger partial charge in [-0.1, -0.05) is 24.6 Å². The molecule has 7 nitrogen and oxygen atoms in total. The number of rotatable bonds is 6. The van der Waals surface area contributed by atoms with Crippen molar-refractivity contribution in [1.29, 1.82) is 0 Å². The first-order valence-electron chi connectivity index (χ1n) is 9.78. The summed E-state index contributed by atoms with van der Waals surface area (Å²) in [7, 11) is -2.36. The van der Waals surface area contributed by atoms with Crippen molar-refractivity contribution in [3.8, 4) is 0 Å². The fraction of sp³-hybridized carbons (Fsp3) is 0.429. The molecule has 0 bridgehead atoms. The van der Waals surface area contributed by atoms with Crippen LogP contribution in [0.5, 0.6) is 0 Å². The van der Waals surface area contributed by atoms with Gasteiger partial charge >= 0.3 is 5.97 Å². The van der Waals surface area contributed by atoms with Gasteiger partial charge in [0.25, 0.3) is 0 Å². The third kappa shape index (κ3) is 4.84. The molecule has 2 aromatic rings. The maximum absolute atomic E-state index is 12.8. The van der Waals surface area contributed by atoms with Crippen LogP contribution >= 0.6 is 11.3 Å². The highest BCUT2D eigenvalue weighted by Crippen LogP contribution is 2.38. The Morgan fingerprint density at radius 1 is 1.17 bits per heavy atom. The zero-order valence-electron chi connectivity index (χ0n) is 17.4. The Morgan fingerprint density at radius 2 is 1.87 bits per heavy atom. The van der Waals surface area contributed by atoms with Crippen LogP contribution in [0.3, 0.4) is 0 Å². The fourth-order valence-corrected chi connectivity index (χ4v) is 5.88. The van der Waals surface area contributed by atoms with Gasteiger partial charge in [0.15, 0.2) is 0 Å². The van der Waals surface area contributed by atoms with Crippen molar-refractivity contribution < 1.29 is 22.7 Å². The summed E-state index contributed by atoms with van der Waals surface area (Å²) in [6, 6.07) is 6.98. The maximum atomic E-state index is 12.8. The number of nitrogens with one attached hydrogen (secondary N) is 1. The van der Waals surface area contributed by atoms with Gasteiger partial charge in [-0.05, 0) is 49.8 Å².